The fourth-order valence-electron chi connectivity index (χ4n) is 4.01. The summed E-state index contributed by atoms with van der Waals surface area (Å²) < 4.78 is 28.3. The minimum atomic E-state index is -3.84. The number of carbonyl (C=O) groups is 2. The molecule has 10 heteroatoms. The first-order valence-electron chi connectivity index (χ1n) is 11.0. The molecule has 1 aliphatic rings. The van der Waals surface area contributed by atoms with Crippen LogP contribution in [0.2, 0.25) is 10.0 Å². The maximum absolute atomic E-state index is 12.8. The first kappa shape index (κ1) is 25.9. The van der Waals surface area contributed by atoms with Crippen molar-refractivity contribution in [2.45, 2.75) is 29.8 Å². The average Bonchev–Trinajstić information content (AvgIpc) is 3.23. The summed E-state index contributed by atoms with van der Waals surface area (Å²) in [6, 6.07) is 16.3. The van der Waals surface area contributed by atoms with Gasteiger partial charge in [-0.1, -0.05) is 71.8 Å². The number of amides is 1. The van der Waals surface area contributed by atoms with E-state index in [0.29, 0.717) is 26.7 Å². The zero-order chi connectivity index (χ0) is 25.9. The van der Waals surface area contributed by atoms with E-state index in [-0.39, 0.29) is 17.7 Å². The number of halogens is 2. The summed E-state index contributed by atoms with van der Waals surface area (Å²) in [5, 5.41) is 12.9. The maximum atomic E-state index is 12.8. The summed E-state index contributed by atoms with van der Waals surface area (Å²) >= 11 is 12.2. The Morgan fingerprint density at radius 3 is 2.33 bits per heavy atom. The quantitative estimate of drug-likeness (QED) is 0.369. The zero-order valence-corrected chi connectivity index (χ0v) is 21.1. The van der Waals surface area contributed by atoms with E-state index in [9.17, 15) is 23.1 Å². The van der Waals surface area contributed by atoms with Gasteiger partial charge in [-0.3, -0.25) is 4.79 Å². The molecule has 3 N–H and O–H groups in total. The van der Waals surface area contributed by atoms with Gasteiger partial charge in [0.15, 0.2) is 0 Å². The van der Waals surface area contributed by atoms with Crippen molar-refractivity contribution in [1.82, 2.24) is 10.0 Å². The molecule has 0 aliphatic heterocycles. The van der Waals surface area contributed by atoms with Crippen LogP contribution in [0.25, 0.3) is 6.08 Å². The fraction of sp³-hybridized carbons (Fsp3) is 0.154. The van der Waals surface area contributed by atoms with Crippen molar-refractivity contribution in [3.63, 3.8) is 0 Å². The van der Waals surface area contributed by atoms with Crippen LogP contribution in [-0.4, -0.2) is 31.4 Å². The Morgan fingerprint density at radius 2 is 1.67 bits per heavy atom. The maximum Gasteiger partial charge on any atom is 0.326 e. The number of carboxylic acid groups (broad SMARTS) is 1. The van der Waals surface area contributed by atoms with E-state index in [1.54, 1.807) is 48.6 Å². The molecule has 0 spiro atoms. The monoisotopic (exact) mass is 544 g/mol. The Bertz CT molecular complexity index is 1420. The minimum absolute atomic E-state index is 0.0699. The van der Waals surface area contributed by atoms with Crippen LogP contribution in [-0.2, 0) is 32.5 Å². The fourth-order valence-corrected chi connectivity index (χ4v) is 5.54. The molecule has 0 saturated carbocycles. The Kier molecular flexibility index (Phi) is 7.80. The highest BCUT2D eigenvalue weighted by Crippen LogP contribution is 2.35. The summed E-state index contributed by atoms with van der Waals surface area (Å²) in [6.07, 6.45) is 3.35. The molecule has 3 aromatic carbocycles. The minimum Gasteiger partial charge on any atom is -0.480 e. The lowest BCUT2D eigenvalue weighted by Crippen LogP contribution is -2.43. The number of carboxylic acids is 1. The molecular weight excluding hydrogens is 523 g/mol. The van der Waals surface area contributed by atoms with Crippen molar-refractivity contribution >= 4 is 51.2 Å². The SMILES string of the molecule is O=C(Cc1c(Cl)ccc2c1C=CC2NS(=O)(=O)c1ccc(Cl)cc1)N[C@H](Cc1ccccc1)C(=O)O. The first-order chi connectivity index (χ1) is 17.1. The van der Waals surface area contributed by atoms with E-state index in [1.165, 1.54) is 24.3 Å². The Labute approximate surface area is 218 Å². The normalized spacial score (nSPS) is 15.3. The number of nitrogens with one attached hydrogen (secondary N) is 2. The van der Waals surface area contributed by atoms with Crippen molar-refractivity contribution in [1.29, 1.82) is 0 Å². The molecule has 1 unspecified atom stereocenters. The van der Waals surface area contributed by atoms with Crippen molar-refractivity contribution < 1.29 is 23.1 Å². The number of benzene rings is 3. The molecule has 3 aromatic rings. The summed E-state index contributed by atoms with van der Waals surface area (Å²) in [7, 11) is -3.84. The van der Waals surface area contributed by atoms with Crippen LogP contribution in [0.4, 0.5) is 0 Å². The van der Waals surface area contributed by atoms with Gasteiger partial charge in [0, 0.05) is 16.5 Å². The summed E-state index contributed by atoms with van der Waals surface area (Å²) in [6.45, 7) is 0. The molecule has 0 saturated heterocycles. The van der Waals surface area contributed by atoms with Gasteiger partial charge in [0.1, 0.15) is 6.04 Å². The van der Waals surface area contributed by atoms with Gasteiger partial charge in [-0.25, -0.2) is 13.2 Å². The lowest BCUT2D eigenvalue weighted by Gasteiger charge is -2.18. The molecule has 186 valence electrons. The van der Waals surface area contributed by atoms with E-state index in [0.717, 1.165) is 5.56 Å². The van der Waals surface area contributed by atoms with E-state index in [2.05, 4.69) is 10.0 Å². The Balaban J connectivity index is 1.51. The second-order valence-electron chi connectivity index (χ2n) is 8.27. The van der Waals surface area contributed by atoms with Crippen LogP contribution in [0.15, 0.2) is 77.7 Å². The molecular formula is C26H22Cl2N2O5S. The first-order valence-corrected chi connectivity index (χ1v) is 13.2. The topological polar surface area (TPSA) is 113 Å². The summed E-state index contributed by atoms with van der Waals surface area (Å²) in [5.41, 5.74) is 2.53. The number of aliphatic carboxylic acids is 1. The van der Waals surface area contributed by atoms with Crippen LogP contribution in [0.3, 0.4) is 0 Å². The second-order valence-corrected chi connectivity index (χ2v) is 10.8. The molecule has 0 heterocycles. The van der Waals surface area contributed by atoms with Crippen molar-refractivity contribution in [2.75, 3.05) is 0 Å². The van der Waals surface area contributed by atoms with Gasteiger partial charge in [0.05, 0.1) is 17.4 Å². The third-order valence-electron chi connectivity index (χ3n) is 5.78. The molecule has 7 nitrogen and oxygen atoms in total. The highest BCUT2D eigenvalue weighted by Gasteiger charge is 2.28. The third kappa shape index (κ3) is 5.96. The molecule has 1 aliphatic carbocycles. The van der Waals surface area contributed by atoms with Gasteiger partial charge in [0.2, 0.25) is 15.9 Å². The van der Waals surface area contributed by atoms with E-state index >= 15 is 0 Å². The van der Waals surface area contributed by atoms with Crippen LogP contribution in [0.1, 0.15) is 28.3 Å². The standard InChI is InChI=1S/C26H22Cl2N2O5S/c27-17-6-8-18(9-7-17)36(34,35)30-23-13-11-19-20(23)10-12-22(28)21(19)15-25(31)29-24(26(32)33)14-16-4-2-1-3-5-16/h1-13,23-24,30H,14-15H2,(H,29,31)(H,32,33)/t23?,24-/m1/s1. The van der Waals surface area contributed by atoms with Crippen LogP contribution < -0.4 is 10.0 Å². The van der Waals surface area contributed by atoms with Gasteiger partial charge in [-0.05, 0) is 52.6 Å². The van der Waals surface area contributed by atoms with Gasteiger partial charge < -0.3 is 10.4 Å². The molecule has 0 fully saturated rings. The Hall–Kier alpha value is -3.17. The molecule has 0 bridgehead atoms. The van der Waals surface area contributed by atoms with Crippen LogP contribution >= 0.6 is 23.2 Å². The van der Waals surface area contributed by atoms with Crippen molar-refractivity contribution in [3.05, 3.63) is 105 Å². The second kappa shape index (κ2) is 10.8. The van der Waals surface area contributed by atoms with E-state index in [4.69, 9.17) is 23.2 Å². The molecule has 36 heavy (non-hydrogen) atoms. The van der Waals surface area contributed by atoms with Crippen molar-refractivity contribution in [3.8, 4) is 0 Å². The number of fused-ring (bicyclic) bond motifs is 1. The highest BCUT2D eigenvalue weighted by molar-refractivity contribution is 7.89. The predicted octanol–water partition coefficient (Wildman–Crippen LogP) is 4.39. The highest BCUT2D eigenvalue weighted by atomic mass is 35.5. The van der Waals surface area contributed by atoms with Gasteiger partial charge in [-0.15, -0.1) is 0 Å². The lowest BCUT2D eigenvalue weighted by molar-refractivity contribution is -0.141. The third-order valence-corrected chi connectivity index (χ3v) is 7.85. The molecule has 4 rings (SSSR count). The smallest absolute Gasteiger partial charge is 0.326 e. The molecule has 1 amide bonds. The largest absolute Gasteiger partial charge is 0.480 e. The summed E-state index contributed by atoms with van der Waals surface area (Å²) in [4.78, 5) is 24.6. The predicted molar refractivity (Wildman–Crippen MR) is 138 cm³/mol. The van der Waals surface area contributed by atoms with E-state index in [1.807, 2.05) is 6.07 Å². The van der Waals surface area contributed by atoms with Gasteiger partial charge in [0.25, 0.3) is 0 Å². The summed E-state index contributed by atoms with van der Waals surface area (Å²) in [5.74, 6) is -1.65. The van der Waals surface area contributed by atoms with Crippen LogP contribution in [0.5, 0.6) is 0 Å². The van der Waals surface area contributed by atoms with E-state index < -0.39 is 34.0 Å². The zero-order valence-electron chi connectivity index (χ0n) is 18.8. The van der Waals surface area contributed by atoms with Crippen LogP contribution in [0, 0.1) is 0 Å². The van der Waals surface area contributed by atoms with Crippen molar-refractivity contribution in [2.24, 2.45) is 0 Å². The number of hydrogen-bond acceptors (Lipinski definition) is 4. The number of rotatable bonds is 9. The molecule has 2 atom stereocenters. The molecule has 0 aromatic heterocycles. The number of carbonyl (C=O) groups excluding carboxylic acids is 1. The Morgan fingerprint density at radius 1 is 0.972 bits per heavy atom. The molecule has 0 radical (unpaired) electrons. The number of sulfonamides is 1. The number of hydrogen-bond donors (Lipinski definition) is 3. The lowest BCUT2D eigenvalue weighted by atomic mass is 9.98. The van der Waals surface area contributed by atoms with Gasteiger partial charge >= 0.3 is 5.97 Å². The average molecular weight is 545 g/mol. The van der Waals surface area contributed by atoms with Gasteiger partial charge in [-0.2, -0.15) is 4.72 Å².